The first kappa shape index (κ1) is 14.8. The van der Waals surface area contributed by atoms with Crippen molar-refractivity contribution in [2.75, 3.05) is 19.8 Å². The molecule has 20 heavy (non-hydrogen) atoms. The fourth-order valence-corrected chi connectivity index (χ4v) is 2.20. The maximum atomic E-state index is 13.5. The molecule has 0 bridgehead atoms. The van der Waals surface area contributed by atoms with Crippen LogP contribution in [0.5, 0.6) is 0 Å². The first-order valence-electron chi connectivity index (χ1n) is 6.22. The molecule has 0 aromatic heterocycles. The molecule has 1 saturated heterocycles. The Bertz CT molecular complexity index is 493. The van der Waals surface area contributed by atoms with Gasteiger partial charge in [-0.2, -0.15) is 0 Å². The molecule has 1 aliphatic heterocycles. The number of rotatable bonds is 3. The van der Waals surface area contributed by atoms with E-state index < -0.39 is 34.5 Å². The van der Waals surface area contributed by atoms with Crippen LogP contribution >= 0.6 is 0 Å². The number of ether oxygens (including phenoxy) is 1. The van der Waals surface area contributed by atoms with Crippen LogP contribution in [-0.2, 0) is 4.74 Å². The van der Waals surface area contributed by atoms with Crippen molar-refractivity contribution in [2.45, 2.75) is 18.4 Å². The number of nitrogens with two attached hydrogens (primary N) is 1. The summed E-state index contributed by atoms with van der Waals surface area (Å²) in [5, 5.41) is 2.55. The van der Waals surface area contributed by atoms with Crippen LogP contribution in [0.1, 0.15) is 23.2 Å². The van der Waals surface area contributed by atoms with Gasteiger partial charge in [-0.1, -0.05) is 0 Å². The summed E-state index contributed by atoms with van der Waals surface area (Å²) in [5.74, 6) is -4.48. The van der Waals surface area contributed by atoms with Gasteiger partial charge in [0.25, 0.3) is 5.91 Å². The van der Waals surface area contributed by atoms with E-state index >= 15 is 0 Å². The summed E-state index contributed by atoms with van der Waals surface area (Å²) in [5.41, 5.74) is 4.10. The fourth-order valence-electron chi connectivity index (χ4n) is 2.20. The van der Waals surface area contributed by atoms with Crippen LogP contribution in [0.2, 0.25) is 0 Å². The summed E-state index contributed by atoms with van der Waals surface area (Å²) >= 11 is 0. The Labute approximate surface area is 114 Å². The van der Waals surface area contributed by atoms with Crippen molar-refractivity contribution in [1.82, 2.24) is 5.32 Å². The predicted octanol–water partition coefficient (Wildman–Crippen LogP) is 1.34. The SMILES string of the molecule is NCC1(NC(=O)c2c(F)cc(F)cc2F)CCOCC1. The number of halogens is 3. The van der Waals surface area contributed by atoms with Gasteiger partial charge in [-0.3, -0.25) is 4.79 Å². The van der Waals surface area contributed by atoms with Crippen molar-refractivity contribution < 1.29 is 22.7 Å². The number of hydrogen-bond acceptors (Lipinski definition) is 3. The van der Waals surface area contributed by atoms with E-state index in [4.69, 9.17) is 10.5 Å². The number of hydrogen-bond donors (Lipinski definition) is 2. The fraction of sp³-hybridized carbons (Fsp3) is 0.462. The monoisotopic (exact) mass is 288 g/mol. The molecule has 1 heterocycles. The molecule has 0 atom stereocenters. The standard InChI is InChI=1S/C13H15F3N2O2/c14-8-5-9(15)11(10(16)6-8)12(19)18-13(7-17)1-3-20-4-2-13/h5-6H,1-4,7,17H2,(H,18,19). The predicted molar refractivity (Wildman–Crippen MR) is 65.6 cm³/mol. The highest BCUT2D eigenvalue weighted by atomic mass is 19.1. The third kappa shape index (κ3) is 2.94. The second kappa shape index (κ2) is 5.80. The normalized spacial score (nSPS) is 17.8. The first-order chi connectivity index (χ1) is 9.47. The lowest BCUT2D eigenvalue weighted by molar-refractivity contribution is 0.0386. The largest absolute Gasteiger partial charge is 0.381 e. The third-order valence-corrected chi connectivity index (χ3v) is 3.45. The highest BCUT2D eigenvalue weighted by Crippen LogP contribution is 2.22. The molecular formula is C13H15F3N2O2. The Balaban J connectivity index is 2.23. The minimum Gasteiger partial charge on any atom is -0.381 e. The van der Waals surface area contributed by atoms with E-state index in [1.54, 1.807) is 0 Å². The van der Waals surface area contributed by atoms with Gasteiger partial charge in [0.2, 0.25) is 0 Å². The Kier molecular flexibility index (Phi) is 4.29. The van der Waals surface area contributed by atoms with Gasteiger partial charge in [0.15, 0.2) is 0 Å². The number of benzene rings is 1. The van der Waals surface area contributed by atoms with E-state index in [0.717, 1.165) is 0 Å². The zero-order valence-electron chi connectivity index (χ0n) is 10.7. The molecule has 0 unspecified atom stereocenters. The van der Waals surface area contributed by atoms with Crippen molar-refractivity contribution in [1.29, 1.82) is 0 Å². The second-order valence-electron chi connectivity index (χ2n) is 4.80. The molecule has 1 aromatic carbocycles. The zero-order chi connectivity index (χ0) is 14.8. The highest BCUT2D eigenvalue weighted by molar-refractivity contribution is 5.95. The van der Waals surface area contributed by atoms with Crippen LogP contribution in [0.4, 0.5) is 13.2 Å². The topological polar surface area (TPSA) is 64.3 Å². The smallest absolute Gasteiger partial charge is 0.257 e. The lowest BCUT2D eigenvalue weighted by Crippen LogP contribution is -2.56. The van der Waals surface area contributed by atoms with Crippen LogP contribution < -0.4 is 11.1 Å². The molecule has 4 nitrogen and oxygen atoms in total. The Morgan fingerprint density at radius 3 is 2.30 bits per heavy atom. The minimum absolute atomic E-state index is 0.131. The molecule has 3 N–H and O–H groups in total. The molecule has 110 valence electrons. The lowest BCUT2D eigenvalue weighted by Gasteiger charge is -2.37. The maximum Gasteiger partial charge on any atom is 0.257 e. The molecule has 7 heteroatoms. The van der Waals surface area contributed by atoms with Gasteiger partial charge in [0.05, 0.1) is 5.54 Å². The Hall–Kier alpha value is -1.60. The van der Waals surface area contributed by atoms with E-state index in [9.17, 15) is 18.0 Å². The molecule has 2 rings (SSSR count). The van der Waals surface area contributed by atoms with Crippen LogP contribution in [0, 0.1) is 17.5 Å². The summed E-state index contributed by atoms with van der Waals surface area (Å²) in [7, 11) is 0. The van der Waals surface area contributed by atoms with E-state index in [2.05, 4.69) is 5.32 Å². The van der Waals surface area contributed by atoms with Crippen molar-refractivity contribution in [3.63, 3.8) is 0 Å². The van der Waals surface area contributed by atoms with Crippen molar-refractivity contribution in [2.24, 2.45) is 5.73 Å². The van der Waals surface area contributed by atoms with Crippen LogP contribution in [0.25, 0.3) is 0 Å². The molecule has 1 aliphatic rings. The van der Waals surface area contributed by atoms with Crippen LogP contribution in [0.15, 0.2) is 12.1 Å². The summed E-state index contributed by atoms with van der Waals surface area (Å²) in [6, 6.07) is 0.939. The van der Waals surface area contributed by atoms with Gasteiger partial charge in [-0.05, 0) is 12.8 Å². The number of amides is 1. The van der Waals surface area contributed by atoms with Gasteiger partial charge < -0.3 is 15.8 Å². The molecular weight excluding hydrogens is 273 g/mol. The maximum absolute atomic E-state index is 13.5. The Morgan fingerprint density at radius 1 is 1.25 bits per heavy atom. The summed E-state index contributed by atoms with van der Waals surface area (Å²) < 4.78 is 45.1. The minimum atomic E-state index is -1.24. The second-order valence-corrected chi connectivity index (χ2v) is 4.80. The van der Waals surface area contributed by atoms with Crippen molar-refractivity contribution in [3.05, 3.63) is 35.1 Å². The van der Waals surface area contributed by atoms with Crippen LogP contribution in [-0.4, -0.2) is 31.2 Å². The molecule has 0 spiro atoms. The van der Waals surface area contributed by atoms with E-state index in [0.29, 0.717) is 38.2 Å². The third-order valence-electron chi connectivity index (χ3n) is 3.45. The first-order valence-corrected chi connectivity index (χ1v) is 6.22. The lowest BCUT2D eigenvalue weighted by atomic mass is 9.89. The van der Waals surface area contributed by atoms with E-state index in [-0.39, 0.29) is 6.54 Å². The van der Waals surface area contributed by atoms with E-state index in [1.165, 1.54) is 0 Å². The van der Waals surface area contributed by atoms with Gasteiger partial charge >= 0.3 is 0 Å². The summed E-state index contributed by atoms with van der Waals surface area (Å²) in [4.78, 5) is 12.0. The van der Waals surface area contributed by atoms with Gasteiger partial charge in [0, 0.05) is 31.9 Å². The molecule has 0 aliphatic carbocycles. The number of carbonyl (C=O) groups excluding carboxylic acids is 1. The quantitative estimate of drug-likeness (QED) is 0.882. The average molecular weight is 288 g/mol. The average Bonchev–Trinajstić information content (AvgIpc) is 2.38. The number of nitrogens with one attached hydrogen (secondary N) is 1. The molecule has 1 amide bonds. The van der Waals surface area contributed by atoms with Crippen molar-refractivity contribution in [3.8, 4) is 0 Å². The zero-order valence-corrected chi connectivity index (χ0v) is 10.7. The molecule has 0 radical (unpaired) electrons. The molecule has 1 aromatic rings. The van der Waals surface area contributed by atoms with E-state index in [1.807, 2.05) is 0 Å². The van der Waals surface area contributed by atoms with Crippen LogP contribution in [0.3, 0.4) is 0 Å². The van der Waals surface area contributed by atoms with Gasteiger partial charge in [0.1, 0.15) is 23.0 Å². The molecule has 1 fully saturated rings. The van der Waals surface area contributed by atoms with Gasteiger partial charge in [-0.15, -0.1) is 0 Å². The Morgan fingerprint density at radius 2 is 1.80 bits per heavy atom. The highest BCUT2D eigenvalue weighted by Gasteiger charge is 2.34. The van der Waals surface area contributed by atoms with Gasteiger partial charge in [-0.25, -0.2) is 13.2 Å². The summed E-state index contributed by atoms with van der Waals surface area (Å²) in [6.45, 7) is 0.949. The number of carbonyl (C=O) groups is 1. The summed E-state index contributed by atoms with van der Waals surface area (Å²) in [6.07, 6.45) is 0.916. The molecule has 0 saturated carbocycles. The van der Waals surface area contributed by atoms with Crippen molar-refractivity contribution >= 4 is 5.91 Å².